The number of aromatic carboxylic acids is 1. The van der Waals surface area contributed by atoms with E-state index in [9.17, 15) is 9.59 Å². The lowest BCUT2D eigenvalue weighted by Gasteiger charge is -2.05. The summed E-state index contributed by atoms with van der Waals surface area (Å²) in [6, 6.07) is 6.47. The lowest BCUT2D eigenvalue weighted by molar-refractivity contribution is 0.0696. The predicted molar refractivity (Wildman–Crippen MR) is 75.2 cm³/mol. The lowest BCUT2D eigenvalue weighted by atomic mass is 10.1. The Morgan fingerprint density at radius 3 is 2.76 bits per heavy atom. The maximum Gasteiger partial charge on any atom is 0.337 e. The van der Waals surface area contributed by atoms with Crippen LogP contribution in [0.4, 0.5) is 5.69 Å². The fraction of sp³-hybridized carbons (Fsp3) is 0. The highest BCUT2D eigenvalue weighted by Crippen LogP contribution is 2.15. The predicted octanol–water partition coefficient (Wildman–Crippen LogP) is 1.91. The number of aromatic nitrogens is 3. The highest BCUT2D eigenvalue weighted by Gasteiger charge is 2.10. The van der Waals surface area contributed by atoms with Crippen molar-refractivity contribution in [2.75, 3.05) is 5.32 Å². The SMILES string of the molecule is O=C(O)c1cncc(NC(=O)c2ccc3cn[nH]c3c2)c1. The smallest absolute Gasteiger partial charge is 0.337 e. The molecule has 0 aliphatic rings. The average molecular weight is 282 g/mol. The Bertz CT molecular complexity index is 841. The van der Waals surface area contributed by atoms with Crippen molar-refractivity contribution in [3.05, 3.63) is 54.0 Å². The van der Waals surface area contributed by atoms with E-state index in [0.29, 0.717) is 11.3 Å². The second kappa shape index (κ2) is 5.04. The molecule has 1 amide bonds. The van der Waals surface area contributed by atoms with E-state index in [1.165, 1.54) is 18.5 Å². The summed E-state index contributed by atoms with van der Waals surface area (Å²) in [5, 5.41) is 19.1. The first kappa shape index (κ1) is 12.8. The molecular weight excluding hydrogens is 272 g/mol. The van der Waals surface area contributed by atoms with E-state index in [-0.39, 0.29) is 11.5 Å². The molecule has 21 heavy (non-hydrogen) atoms. The van der Waals surface area contributed by atoms with Gasteiger partial charge in [-0.2, -0.15) is 5.10 Å². The Balaban J connectivity index is 1.85. The van der Waals surface area contributed by atoms with Crippen LogP contribution in [0.3, 0.4) is 0 Å². The fourth-order valence-corrected chi connectivity index (χ4v) is 1.91. The van der Waals surface area contributed by atoms with Crippen molar-refractivity contribution in [1.29, 1.82) is 0 Å². The lowest BCUT2D eigenvalue weighted by Crippen LogP contribution is -2.12. The summed E-state index contributed by atoms with van der Waals surface area (Å²) in [5.41, 5.74) is 1.52. The number of H-pyrrole nitrogens is 1. The van der Waals surface area contributed by atoms with E-state index < -0.39 is 5.97 Å². The summed E-state index contributed by atoms with van der Waals surface area (Å²) in [5.74, 6) is -1.45. The van der Waals surface area contributed by atoms with Crippen LogP contribution in [0.5, 0.6) is 0 Å². The number of carbonyl (C=O) groups excluding carboxylic acids is 1. The van der Waals surface area contributed by atoms with Gasteiger partial charge in [0.2, 0.25) is 0 Å². The minimum atomic E-state index is -1.10. The fourth-order valence-electron chi connectivity index (χ4n) is 1.91. The Morgan fingerprint density at radius 1 is 1.10 bits per heavy atom. The second-order valence-corrected chi connectivity index (χ2v) is 4.39. The average Bonchev–Trinajstić information content (AvgIpc) is 2.94. The Kier molecular flexibility index (Phi) is 3.07. The van der Waals surface area contributed by atoms with Gasteiger partial charge in [0.25, 0.3) is 5.91 Å². The molecule has 0 saturated carbocycles. The molecule has 0 saturated heterocycles. The van der Waals surface area contributed by atoms with Gasteiger partial charge in [-0.05, 0) is 18.2 Å². The highest BCUT2D eigenvalue weighted by molar-refractivity contribution is 6.06. The number of anilines is 1. The third kappa shape index (κ3) is 2.57. The zero-order chi connectivity index (χ0) is 14.8. The van der Waals surface area contributed by atoms with Crippen molar-refractivity contribution in [3.63, 3.8) is 0 Å². The summed E-state index contributed by atoms with van der Waals surface area (Å²) in [7, 11) is 0. The van der Waals surface area contributed by atoms with E-state index in [1.54, 1.807) is 24.4 Å². The standard InChI is InChI=1S/C14H10N4O3/c19-13(8-1-2-9-6-16-18-12(9)4-8)17-11-3-10(14(20)21)5-15-7-11/h1-7H,(H,16,18)(H,17,19)(H,20,21). The molecule has 0 fully saturated rings. The van der Waals surface area contributed by atoms with Crippen LogP contribution in [0.2, 0.25) is 0 Å². The van der Waals surface area contributed by atoms with Gasteiger partial charge in [-0.25, -0.2) is 4.79 Å². The Hall–Kier alpha value is -3.22. The molecule has 2 heterocycles. The quantitative estimate of drug-likeness (QED) is 0.680. The van der Waals surface area contributed by atoms with Crippen LogP contribution < -0.4 is 5.32 Å². The van der Waals surface area contributed by atoms with E-state index in [4.69, 9.17) is 5.11 Å². The number of pyridine rings is 1. The van der Waals surface area contributed by atoms with Crippen LogP contribution in [0.15, 0.2) is 42.9 Å². The third-order valence-electron chi connectivity index (χ3n) is 2.95. The van der Waals surface area contributed by atoms with Crippen LogP contribution in [0.1, 0.15) is 20.7 Å². The van der Waals surface area contributed by atoms with Crippen molar-refractivity contribution >= 4 is 28.5 Å². The summed E-state index contributed by atoms with van der Waals surface area (Å²) in [6.45, 7) is 0. The molecule has 0 radical (unpaired) electrons. The molecular formula is C14H10N4O3. The number of fused-ring (bicyclic) bond motifs is 1. The van der Waals surface area contributed by atoms with Gasteiger partial charge in [0.15, 0.2) is 0 Å². The first-order valence-corrected chi connectivity index (χ1v) is 6.06. The number of nitrogens with zero attached hydrogens (tertiary/aromatic N) is 2. The molecule has 1 aromatic carbocycles. The van der Waals surface area contributed by atoms with Crippen molar-refractivity contribution < 1.29 is 14.7 Å². The molecule has 7 nitrogen and oxygen atoms in total. The van der Waals surface area contributed by atoms with E-state index in [0.717, 1.165) is 10.9 Å². The van der Waals surface area contributed by atoms with Crippen LogP contribution in [0.25, 0.3) is 10.9 Å². The topological polar surface area (TPSA) is 108 Å². The van der Waals surface area contributed by atoms with Crippen molar-refractivity contribution in [2.45, 2.75) is 0 Å². The first-order chi connectivity index (χ1) is 10.1. The van der Waals surface area contributed by atoms with Gasteiger partial charge in [-0.3, -0.25) is 14.9 Å². The number of carboxylic acids is 1. The number of carboxylic acid groups (broad SMARTS) is 1. The van der Waals surface area contributed by atoms with Crippen molar-refractivity contribution in [2.24, 2.45) is 0 Å². The highest BCUT2D eigenvalue weighted by atomic mass is 16.4. The molecule has 7 heteroatoms. The van der Waals surface area contributed by atoms with E-state index >= 15 is 0 Å². The largest absolute Gasteiger partial charge is 0.478 e. The number of hydrogen-bond donors (Lipinski definition) is 3. The molecule has 3 N–H and O–H groups in total. The van der Waals surface area contributed by atoms with Crippen LogP contribution >= 0.6 is 0 Å². The summed E-state index contributed by atoms with van der Waals surface area (Å²) >= 11 is 0. The summed E-state index contributed by atoms with van der Waals surface area (Å²) in [4.78, 5) is 26.8. The second-order valence-electron chi connectivity index (χ2n) is 4.39. The number of hydrogen-bond acceptors (Lipinski definition) is 4. The van der Waals surface area contributed by atoms with Crippen LogP contribution in [-0.4, -0.2) is 32.2 Å². The van der Waals surface area contributed by atoms with Crippen molar-refractivity contribution in [3.8, 4) is 0 Å². The van der Waals surface area contributed by atoms with Crippen molar-refractivity contribution in [1.82, 2.24) is 15.2 Å². The maximum absolute atomic E-state index is 12.1. The number of rotatable bonds is 3. The molecule has 0 aliphatic heterocycles. The minimum Gasteiger partial charge on any atom is -0.478 e. The Labute approximate surface area is 118 Å². The number of aromatic amines is 1. The van der Waals surface area contributed by atoms with Gasteiger partial charge in [-0.1, -0.05) is 6.07 Å². The molecule has 0 spiro atoms. The first-order valence-electron chi connectivity index (χ1n) is 6.06. The normalized spacial score (nSPS) is 10.5. The zero-order valence-electron chi connectivity index (χ0n) is 10.7. The molecule has 0 unspecified atom stereocenters. The maximum atomic E-state index is 12.1. The van der Waals surface area contributed by atoms with Gasteiger partial charge < -0.3 is 10.4 Å². The van der Waals surface area contributed by atoms with Gasteiger partial charge in [0.1, 0.15) is 0 Å². The zero-order valence-corrected chi connectivity index (χ0v) is 10.7. The molecule has 0 atom stereocenters. The molecule has 0 aliphatic carbocycles. The molecule has 0 bridgehead atoms. The number of carbonyl (C=O) groups is 2. The monoisotopic (exact) mass is 282 g/mol. The van der Waals surface area contributed by atoms with E-state index in [1.807, 2.05) is 0 Å². The number of nitrogens with one attached hydrogen (secondary N) is 2. The summed E-state index contributed by atoms with van der Waals surface area (Å²) in [6.07, 6.45) is 4.27. The molecule has 104 valence electrons. The van der Waals surface area contributed by atoms with E-state index in [2.05, 4.69) is 20.5 Å². The third-order valence-corrected chi connectivity index (χ3v) is 2.95. The molecule has 3 rings (SSSR count). The van der Waals surface area contributed by atoms with Gasteiger partial charge >= 0.3 is 5.97 Å². The minimum absolute atomic E-state index is 0.0109. The summed E-state index contributed by atoms with van der Waals surface area (Å²) < 4.78 is 0. The van der Waals surface area contributed by atoms with Gasteiger partial charge in [0.05, 0.1) is 29.2 Å². The van der Waals surface area contributed by atoms with Crippen LogP contribution in [-0.2, 0) is 0 Å². The van der Waals surface area contributed by atoms with Gasteiger partial charge in [0, 0.05) is 17.1 Å². The molecule has 3 aromatic rings. The number of benzene rings is 1. The Morgan fingerprint density at radius 2 is 1.95 bits per heavy atom. The number of amides is 1. The van der Waals surface area contributed by atoms with Crippen LogP contribution in [0, 0.1) is 0 Å². The van der Waals surface area contributed by atoms with Gasteiger partial charge in [-0.15, -0.1) is 0 Å². The molecule has 2 aromatic heterocycles.